The number of carbonyl (C=O) groups is 1. The van der Waals surface area contributed by atoms with Crippen LogP contribution in [-0.2, 0) is 4.79 Å². The molecule has 8 heteroatoms. The van der Waals surface area contributed by atoms with E-state index in [4.69, 9.17) is 4.98 Å². The number of likely N-dealkylation sites (tertiary alicyclic amines) is 1. The molecule has 1 aliphatic heterocycles. The molecule has 1 saturated heterocycles. The number of aromatic nitrogens is 3. The van der Waals surface area contributed by atoms with Gasteiger partial charge in [-0.25, -0.2) is 15.0 Å². The maximum absolute atomic E-state index is 12.4. The Hall–Kier alpha value is -2.84. The number of hydrogen-bond acceptors (Lipinski definition) is 7. The average molecular weight is 423 g/mol. The molecule has 0 saturated carbocycles. The summed E-state index contributed by atoms with van der Waals surface area (Å²) in [6, 6.07) is 10.0. The number of pyridine rings is 2. The first-order valence-electron chi connectivity index (χ1n) is 10.2. The van der Waals surface area contributed by atoms with Gasteiger partial charge in [0.1, 0.15) is 11.6 Å². The monoisotopic (exact) mass is 422 g/mol. The number of thiazole rings is 1. The van der Waals surface area contributed by atoms with Gasteiger partial charge in [0.05, 0.1) is 6.54 Å². The first-order chi connectivity index (χ1) is 14.6. The largest absolute Gasteiger partial charge is 0.325 e. The normalized spacial score (nSPS) is 16.9. The molecule has 1 aliphatic rings. The first-order valence-corrected chi connectivity index (χ1v) is 11.0. The third-order valence-electron chi connectivity index (χ3n) is 5.19. The molecule has 0 aromatic carbocycles. The van der Waals surface area contributed by atoms with Gasteiger partial charge in [-0.1, -0.05) is 12.1 Å². The zero-order valence-electron chi connectivity index (χ0n) is 17.3. The van der Waals surface area contributed by atoms with Gasteiger partial charge < -0.3 is 10.6 Å². The Bertz CT molecular complexity index is 1020. The van der Waals surface area contributed by atoms with Gasteiger partial charge in [0, 0.05) is 35.4 Å². The molecule has 1 fully saturated rings. The average Bonchev–Trinajstić information content (AvgIpc) is 3.14. The third kappa shape index (κ3) is 5.20. The Balaban J connectivity index is 1.38. The van der Waals surface area contributed by atoms with E-state index in [1.165, 1.54) is 11.3 Å². The number of rotatable bonds is 6. The van der Waals surface area contributed by atoms with E-state index >= 15 is 0 Å². The Morgan fingerprint density at radius 1 is 1.23 bits per heavy atom. The van der Waals surface area contributed by atoms with Crippen molar-refractivity contribution in [2.45, 2.75) is 32.6 Å². The van der Waals surface area contributed by atoms with E-state index in [0.29, 0.717) is 17.6 Å². The molecule has 4 heterocycles. The van der Waals surface area contributed by atoms with E-state index in [9.17, 15) is 4.79 Å². The molecule has 1 amide bonds. The van der Waals surface area contributed by atoms with Crippen LogP contribution in [0.1, 0.15) is 34.9 Å². The first kappa shape index (κ1) is 20.4. The van der Waals surface area contributed by atoms with E-state index in [0.717, 1.165) is 53.7 Å². The van der Waals surface area contributed by atoms with Crippen LogP contribution in [0.25, 0.3) is 0 Å². The molecule has 1 unspecified atom stereocenters. The zero-order valence-corrected chi connectivity index (χ0v) is 18.1. The summed E-state index contributed by atoms with van der Waals surface area (Å²) in [5, 5.41) is 6.88. The lowest BCUT2D eigenvalue weighted by Gasteiger charge is -2.32. The van der Waals surface area contributed by atoms with Crippen LogP contribution >= 0.6 is 11.3 Å². The molecular formula is C22H26N6OS. The van der Waals surface area contributed by atoms with Gasteiger partial charge in [-0.05, 0) is 57.0 Å². The summed E-state index contributed by atoms with van der Waals surface area (Å²) >= 11 is 1.50. The zero-order chi connectivity index (χ0) is 20.9. The van der Waals surface area contributed by atoms with Crippen LogP contribution in [0.4, 0.5) is 16.8 Å². The number of aryl methyl sites for hydroxylation is 2. The fourth-order valence-electron chi connectivity index (χ4n) is 3.70. The summed E-state index contributed by atoms with van der Waals surface area (Å²) in [7, 11) is 0. The fourth-order valence-corrected chi connectivity index (χ4v) is 4.38. The Morgan fingerprint density at radius 3 is 2.93 bits per heavy atom. The fraction of sp³-hybridized carbons (Fsp3) is 0.364. The number of carbonyl (C=O) groups excluding carboxylic acids is 1. The van der Waals surface area contributed by atoms with E-state index in [-0.39, 0.29) is 5.91 Å². The SMILES string of the molecule is Cc1cnc(NC(=O)CN2CCCC(c3cccc(Nc4ncccc4C)n3)C2)s1. The van der Waals surface area contributed by atoms with Gasteiger partial charge >= 0.3 is 0 Å². The van der Waals surface area contributed by atoms with Crippen molar-refractivity contribution in [3.8, 4) is 0 Å². The highest BCUT2D eigenvalue weighted by Gasteiger charge is 2.24. The van der Waals surface area contributed by atoms with Crippen molar-refractivity contribution in [3.63, 3.8) is 0 Å². The van der Waals surface area contributed by atoms with Gasteiger partial charge in [-0.3, -0.25) is 9.69 Å². The van der Waals surface area contributed by atoms with Gasteiger partial charge in [0.15, 0.2) is 5.13 Å². The quantitative estimate of drug-likeness (QED) is 0.622. The smallest absolute Gasteiger partial charge is 0.240 e. The Kier molecular flexibility index (Phi) is 6.35. The molecule has 7 nitrogen and oxygen atoms in total. The van der Waals surface area contributed by atoms with Crippen LogP contribution in [0.5, 0.6) is 0 Å². The summed E-state index contributed by atoms with van der Waals surface area (Å²) < 4.78 is 0. The molecule has 0 bridgehead atoms. The number of amides is 1. The third-order valence-corrected chi connectivity index (χ3v) is 6.01. The summed E-state index contributed by atoms with van der Waals surface area (Å²) in [4.78, 5) is 29.1. The van der Waals surface area contributed by atoms with Crippen molar-refractivity contribution >= 4 is 34.0 Å². The highest BCUT2D eigenvalue weighted by molar-refractivity contribution is 7.15. The molecule has 30 heavy (non-hydrogen) atoms. The maximum atomic E-state index is 12.4. The Labute approximate surface area is 180 Å². The molecule has 3 aromatic heterocycles. The molecule has 0 radical (unpaired) electrons. The van der Waals surface area contributed by atoms with Crippen LogP contribution in [0.3, 0.4) is 0 Å². The molecule has 2 N–H and O–H groups in total. The van der Waals surface area contributed by atoms with Gasteiger partial charge in [0.2, 0.25) is 5.91 Å². The molecule has 3 aromatic rings. The van der Waals surface area contributed by atoms with Crippen molar-refractivity contribution in [1.82, 2.24) is 19.9 Å². The molecule has 0 aliphatic carbocycles. The number of anilines is 3. The summed E-state index contributed by atoms with van der Waals surface area (Å²) in [5.41, 5.74) is 2.13. The van der Waals surface area contributed by atoms with E-state index < -0.39 is 0 Å². The van der Waals surface area contributed by atoms with Gasteiger partial charge in [-0.2, -0.15) is 0 Å². The summed E-state index contributed by atoms with van der Waals surface area (Å²) in [6.45, 7) is 6.12. The summed E-state index contributed by atoms with van der Waals surface area (Å²) in [6.07, 6.45) is 5.67. The van der Waals surface area contributed by atoms with Crippen molar-refractivity contribution in [2.75, 3.05) is 30.3 Å². The van der Waals surface area contributed by atoms with E-state index in [1.807, 2.05) is 38.1 Å². The van der Waals surface area contributed by atoms with Gasteiger partial charge in [0.25, 0.3) is 0 Å². The minimum Gasteiger partial charge on any atom is -0.325 e. The predicted molar refractivity (Wildman–Crippen MR) is 120 cm³/mol. The van der Waals surface area contributed by atoms with Gasteiger partial charge in [-0.15, -0.1) is 11.3 Å². The van der Waals surface area contributed by atoms with Crippen LogP contribution in [-0.4, -0.2) is 45.4 Å². The Morgan fingerprint density at radius 2 is 2.13 bits per heavy atom. The lowest BCUT2D eigenvalue weighted by molar-refractivity contribution is -0.117. The lowest BCUT2D eigenvalue weighted by atomic mass is 9.94. The van der Waals surface area contributed by atoms with Crippen molar-refractivity contribution in [2.24, 2.45) is 0 Å². The van der Waals surface area contributed by atoms with Crippen molar-refractivity contribution in [1.29, 1.82) is 0 Å². The lowest BCUT2D eigenvalue weighted by Crippen LogP contribution is -2.40. The molecular weight excluding hydrogens is 396 g/mol. The summed E-state index contributed by atoms with van der Waals surface area (Å²) in [5.74, 6) is 1.91. The second kappa shape index (κ2) is 9.32. The molecule has 156 valence electrons. The van der Waals surface area contributed by atoms with Crippen LogP contribution in [0.2, 0.25) is 0 Å². The highest BCUT2D eigenvalue weighted by atomic mass is 32.1. The molecule has 0 spiro atoms. The van der Waals surface area contributed by atoms with Crippen LogP contribution in [0.15, 0.2) is 42.7 Å². The number of nitrogens with one attached hydrogen (secondary N) is 2. The number of hydrogen-bond donors (Lipinski definition) is 2. The molecule has 4 rings (SSSR count). The van der Waals surface area contributed by atoms with E-state index in [1.54, 1.807) is 12.4 Å². The maximum Gasteiger partial charge on any atom is 0.240 e. The number of nitrogens with zero attached hydrogens (tertiary/aromatic N) is 4. The van der Waals surface area contributed by atoms with Crippen molar-refractivity contribution < 1.29 is 4.79 Å². The molecule has 1 atom stereocenters. The van der Waals surface area contributed by atoms with Crippen molar-refractivity contribution in [3.05, 3.63) is 58.9 Å². The topological polar surface area (TPSA) is 83.0 Å². The van der Waals surface area contributed by atoms with Crippen LogP contribution in [0, 0.1) is 13.8 Å². The second-order valence-electron chi connectivity index (χ2n) is 7.64. The standard InChI is InChI=1S/C22H26N6OS/c1-15-6-4-10-23-21(15)26-19-9-3-8-18(25-19)17-7-5-11-28(13-17)14-20(29)27-22-24-12-16(2)30-22/h3-4,6,8-10,12,17H,5,7,11,13-14H2,1-2H3,(H,23,25,26)(H,24,27,29). The highest BCUT2D eigenvalue weighted by Crippen LogP contribution is 2.27. The minimum absolute atomic E-state index is 0.0148. The minimum atomic E-state index is -0.0148. The van der Waals surface area contributed by atoms with Crippen LogP contribution < -0.4 is 10.6 Å². The number of piperidine rings is 1. The second-order valence-corrected chi connectivity index (χ2v) is 8.87. The predicted octanol–water partition coefficient (Wildman–Crippen LogP) is 4.11. The van der Waals surface area contributed by atoms with E-state index in [2.05, 4.69) is 31.6 Å².